The minimum Gasteiger partial charge on any atom is -0.247 e. The molecule has 0 bridgehead atoms. The summed E-state index contributed by atoms with van der Waals surface area (Å²) in [4.78, 5) is 4.95. The third-order valence-electron chi connectivity index (χ3n) is 4.67. The van der Waals surface area contributed by atoms with Gasteiger partial charge >= 0.3 is 0 Å². The van der Waals surface area contributed by atoms with Crippen molar-refractivity contribution in [2.75, 3.05) is 0 Å². The Morgan fingerprint density at radius 3 is 2.28 bits per heavy atom. The summed E-state index contributed by atoms with van der Waals surface area (Å²) in [7, 11) is 0. The molecular formula is C23H14BrN. The quantitative estimate of drug-likeness (QED) is 0.319. The molecule has 5 rings (SSSR count). The van der Waals surface area contributed by atoms with Crippen LogP contribution in [0.5, 0.6) is 0 Å². The van der Waals surface area contributed by atoms with Gasteiger partial charge in [-0.1, -0.05) is 70.5 Å². The normalized spacial score (nSPS) is 13.9. The number of halogens is 1. The molecule has 1 aliphatic carbocycles. The molecule has 0 radical (unpaired) electrons. The fraction of sp³-hybridized carbons (Fsp3) is 0. The van der Waals surface area contributed by atoms with E-state index >= 15 is 0 Å². The maximum Gasteiger partial charge on any atom is 0.0794 e. The molecule has 0 saturated heterocycles. The van der Waals surface area contributed by atoms with Gasteiger partial charge in [0.1, 0.15) is 0 Å². The predicted octanol–water partition coefficient (Wildman–Crippen LogP) is 6.57. The second-order valence-corrected chi connectivity index (χ2v) is 7.15. The van der Waals surface area contributed by atoms with Gasteiger partial charge in [-0.05, 0) is 47.0 Å². The Morgan fingerprint density at radius 2 is 1.44 bits per heavy atom. The number of nitrogens with zero attached hydrogens (tertiary/aromatic N) is 1. The first-order chi connectivity index (χ1) is 12.3. The monoisotopic (exact) mass is 383 g/mol. The van der Waals surface area contributed by atoms with Gasteiger partial charge < -0.3 is 0 Å². The van der Waals surface area contributed by atoms with E-state index in [1.165, 1.54) is 33.2 Å². The highest BCUT2D eigenvalue weighted by atomic mass is 79.9. The molecule has 0 atom stereocenters. The lowest BCUT2D eigenvalue weighted by molar-refractivity contribution is 1.40. The van der Waals surface area contributed by atoms with E-state index in [2.05, 4.69) is 94.8 Å². The molecule has 2 heteroatoms. The Kier molecular flexibility index (Phi) is 3.32. The Labute approximate surface area is 154 Å². The fourth-order valence-electron chi connectivity index (χ4n) is 3.48. The van der Waals surface area contributed by atoms with Crippen molar-refractivity contribution in [1.82, 2.24) is 4.98 Å². The lowest BCUT2D eigenvalue weighted by Gasteiger charge is -2.05. The molecule has 4 aromatic rings. The third-order valence-corrected chi connectivity index (χ3v) is 5.20. The first-order valence-corrected chi connectivity index (χ1v) is 9.06. The summed E-state index contributed by atoms with van der Waals surface area (Å²) in [6.07, 6.45) is 2.26. The van der Waals surface area contributed by atoms with E-state index < -0.39 is 0 Å². The van der Waals surface area contributed by atoms with Crippen LogP contribution in [-0.2, 0) is 0 Å². The average molecular weight is 384 g/mol. The van der Waals surface area contributed by atoms with Crippen LogP contribution in [0.2, 0.25) is 0 Å². The van der Waals surface area contributed by atoms with E-state index in [1.54, 1.807) is 0 Å². The zero-order chi connectivity index (χ0) is 16.8. The second-order valence-electron chi connectivity index (χ2n) is 6.23. The summed E-state index contributed by atoms with van der Waals surface area (Å²) in [5.41, 5.74) is 8.23. The van der Waals surface area contributed by atoms with Crippen LogP contribution in [0.25, 0.3) is 33.8 Å². The molecule has 0 amide bonds. The van der Waals surface area contributed by atoms with Crippen LogP contribution in [0.3, 0.4) is 0 Å². The van der Waals surface area contributed by atoms with Gasteiger partial charge in [-0.25, -0.2) is 4.98 Å². The summed E-state index contributed by atoms with van der Waals surface area (Å²) >= 11 is 3.51. The van der Waals surface area contributed by atoms with Gasteiger partial charge in [-0.2, -0.15) is 0 Å². The van der Waals surface area contributed by atoms with Crippen molar-refractivity contribution in [3.63, 3.8) is 0 Å². The lowest BCUT2D eigenvalue weighted by atomic mass is 10.0. The minimum absolute atomic E-state index is 1.04. The smallest absolute Gasteiger partial charge is 0.0794 e. The van der Waals surface area contributed by atoms with Gasteiger partial charge in [0.15, 0.2) is 0 Å². The topological polar surface area (TPSA) is 12.9 Å². The van der Waals surface area contributed by atoms with Crippen LogP contribution in [0.15, 0.2) is 83.3 Å². The maximum atomic E-state index is 4.95. The molecule has 0 unspecified atom stereocenters. The number of hydrogen-bond donors (Lipinski definition) is 0. The zero-order valence-corrected chi connectivity index (χ0v) is 15.0. The van der Waals surface area contributed by atoms with E-state index in [0.717, 1.165) is 15.7 Å². The molecule has 1 heterocycles. The highest BCUT2D eigenvalue weighted by molar-refractivity contribution is 9.10. The van der Waals surface area contributed by atoms with E-state index in [0.29, 0.717) is 0 Å². The molecule has 0 N–H and O–H groups in total. The number of fused-ring (bicyclic) bond motifs is 4. The molecule has 1 aromatic heterocycles. The third kappa shape index (κ3) is 2.41. The molecule has 118 valence electrons. The van der Waals surface area contributed by atoms with Crippen LogP contribution in [0.4, 0.5) is 0 Å². The van der Waals surface area contributed by atoms with Gasteiger partial charge in [0, 0.05) is 21.0 Å². The largest absolute Gasteiger partial charge is 0.247 e. The average Bonchev–Trinajstić information content (AvgIpc) is 2.95. The molecule has 1 aliphatic rings. The van der Waals surface area contributed by atoms with Crippen LogP contribution in [0, 0.1) is 0 Å². The molecule has 25 heavy (non-hydrogen) atoms. The van der Waals surface area contributed by atoms with E-state index in [4.69, 9.17) is 4.98 Å². The van der Waals surface area contributed by atoms with Crippen molar-refractivity contribution in [1.29, 1.82) is 0 Å². The first kappa shape index (κ1) is 14.6. The second kappa shape index (κ2) is 5.68. The Hall–Kier alpha value is -2.71. The van der Waals surface area contributed by atoms with Crippen LogP contribution >= 0.6 is 15.9 Å². The standard InChI is InChI=1S/C23H14BrN/c24-17-11-9-15(10-12-17)13-20-18-6-2-3-7-19(18)23-21(20)14-16-5-1-4-8-22(16)25-23/h1-14H/b20-13-. The summed E-state index contributed by atoms with van der Waals surface area (Å²) < 4.78 is 1.09. The SMILES string of the molecule is Brc1ccc(/C=C2/c3ccccc3-c3nc4ccccc4cc32)cc1. The highest BCUT2D eigenvalue weighted by Crippen LogP contribution is 2.44. The minimum atomic E-state index is 1.04. The fourth-order valence-corrected chi connectivity index (χ4v) is 3.74. The Morgan fingerprint density at radius 1 is 0.720 bits per heavy atom. The van der Waals surface area contributed by atoms with Crippen molar-refractivity contribution in [2.45, 2.75) is 0 Å². The van der Waals surface area contributed by atoms with Crippen molar-refractivity contribution in [2.24, 2.45) is 0 Å². The maximum absolute atomic E-state index is 4.95. The van der Waals surface area contributed by atoms with Gasteiger partial charge in [0.25, 0.3) is 0 Å². The van der Waals surface area contributed by atoms with Gasteiger partial charge in [-0.15, -0.1) is 0 Å². The summed E-state index contributed by atoms with van der Waals surface area (Å²) in [6, 6.07) is 27.5. The molecule has 1 nitrogen and oxygen atoms in total. The van der Waals surface area contributed by atoms with Gasteiger partial charge in [-0.3, -0.25) is 0 Å². The van der Waals surface area contributed by atoms with Crippen molar-refractivity contribution in [3.05, 3.63) is 100 Å². The van der Waals surface area contributed by atoms with E-state index in [9.17, 15) is 0 Å². The Balaban J connectivity index is 1.80. The summed E-state index contributed by atoms with van der Waals surface area (Å²) in [5, 5.41) is 1.18. The number of para-hydroxylation sites is 1. The number of hydrogen-bond acceptors (Lipinski definition) is 1. The van der Waals surface area contributed by atoms with E-state index in [-0.39, 0.29) is 0 Å². The highest BCUT2D eigenvalue weighted by Gasteiger charge is 2.24. The zero-order valence-electron chi connectivity index (χ0n) is 13.4. The number of pyridine rings is 1. The number of rotatable bonds is 1. The van der Waals surface area contributed by atoms with Crippen molar-refractivity contribution >= 4 is 38.5 Å². The predicted molar refractivity (Wildman–Crippen MR) is 108 cm³/mol. The summed E-state index contributed by atoms with van der Waals surface area (Å²) in [5.74, 6) is 0. The van der Waals surface area contributed by atoms with Crippen molar-refractivity contribution < 1.29 is 0 Å². The van der Waals surface area contributed by atoms with Crippen LogP contribution in [0.1, 0.15) is 16.7 Å². The van der Waals surface area contributed by atoms with Crippen LogP contribution < -0.4 is 0 Å². The van der Waals surface area contributed by atoms with E-state index in [1.807, 2.05) is 6.07 Å². The number of benzene rings is 3. The molecule has 0 saturated carbocycles. The summed E-state index contributed by atoms with van der Waals surface area (Å²) in [6.45, 7) is 0. The molecule has 0 fully saturated rings. The van der Waals surface area contributed by atoms with Crippen LogP contribution in [-0.4, -0.2) is 4.98 Å². The van der Waals surface area contributed by atoms with Crippen molar-refractivity contribution in [3.8, 4) is 11.3 Å². The molecular weight excluding hydrogens is 370 g/mol. The molecule has 0 aliphatic heterocycles. The Bertz CT molecular complexity index is 1140. The molecule has 3 aromatic carbocycles. The van der Waals surface area contributed by atoms with Gasteiger partial charge in [0.2, 0.25) is 0 Å². The number of aromatic nitrogens is 1. The lowest BCUT2D eigenvalue weighted by Crippen LogP contribution is -1.87. The first-order valence-electron chi connectivity index (χ1n) is 8.27. The molecule has 0 spiro atoms. The van der Waals surface area contributed by atoms with Gasteiger partial charge in [0.05, 0.1) is 11.2 Å².